The van der Waals surface area contributed by atoms with E-state index in [1.165, 1.54) is 43.0 Å². The molecule has 1 saturated heterocycles. The van der Waals surface area contributed by atoms with Crippen LogP contribution in [0.4, 0.5) is 0 Å². The maximum Gasteiger partial charge on any atom is 0.323 e. The summed E-state index contributed by atoms with van der Waals surface area (Å²) in [6.07, 6.45) is 10.9. The first-order valence-electron chi connectivity index (χ1n) is 10.9. The first-order chi connectivity index (χ1) is 14.3. The van der Waals surface area contributed by atoms with Gasteiger partial charge in [-0.3, -0.25) is 24.6 Å². The molecule has 30 heavy (non-hydrogen) atoms. The lowest BCUT2D eigenvalue weighted by Gasteiger charge is -2.27. The molecule has 2 heterocycles. The van der Waals surface area contributed by atoms with Crippen LogP contribution in [0, 0.1) is 11.8 Å². The Morgan fingerprint density at radius 2 is 2.00 bits per heavy atom. The third kappa shape index (κ3) is 5.89. The number of amides is 2. The molecule has 1 aliphatic heterocycles. The fourth-order valence-electron chi connectivity index (χ4n) is 4.76. The van der Waals surface area contributed by atoms with E-state index in [2.05, 4.69) is 15.2 Å². The minimum absolute atomic E-state index is 0.120. The standard InChI is InChI=1S/C21H33N5O4/c1-14(22)20(29)24-21(30)18-9-16(15-5-3-2-4-6-15)10-26(18)8-7-17-11-25(13-23-17)12-19(27)28/h11,13-16,18H,2-10,12,22H2,1H3,(H,27,28)(H,24,29,30)/t14-,16?,18-/m0/s1. The molecule has 1 aliphatic carbocycles. The van der Waals surface area contributed by atoms with Gasteiger partial charge >= 0.3 is 5.97 Å². The van der Waals surface area contributed by atoms with E-state index in [4.69, 9.17) is 10.8 Å². The minimum Gasteiger partial charge on any atom is -0.480 e. The van der Waals surface area contributed by atoms with Crippen molar-refractivity contribution in [2.75, 3.05) is 13.1 Å². The second-order valence-electron chi connectivity index (χ2n) is 8.73. The van der Waals surface area contributed by atoms with Gasteiger partial charge in [0.15, 0.2) is 0 Å². The van der Waals surface area contributed by atoms with Crippen LogP contribution in [0.25, 0.3) is 0 Å². The number of carboxylic acids is 1. The van der Waals surface area contributed by atoms with E-state index in [1.807, 2.05) is 0 Å². The van der Waals surface area contributed by atoms with Crippen LogP contribution >= 0.6 is 0 Å². The highest BCUT2D eigenvalue weighted by Crippen LogP contribution is 2.37. The number of rotatable bonds is 8. The van der Waals surface area contributed by atoms with E-state index in [1.54, 1.807) is 13.1 Å². The van der Waals surface area contributed by atoms with Crippen LogP contribution in [0.2, 0.25) is 0 Å². The number of nitrogens with zero attached hydrogens (tertiary/aromatic N) is 3. The molecule has 1 aromatic rings. The van der Waals surface area contributed by atoms with Gasteiger partial charge in [0.1, 0.15) is 6.54 Å². The lowest BCUT2D eigenvalue weighted by atomic mass is 9.79. The summed E-state index contributed by atoms with van der Waals surface area (Å²) in [6, 6.07) is -1.07. The van der Waals surface area contributed by atoms with Gasteiger partial charge in [0.05, 0.1) is 24.1 Å². The summed E-state index contributed by atoms with van der Waals surface area (Å²) in [6.45, 7) is 2.92. The van der Waals surface area contributed by atoms with E-state index in [9.17, 15) is 14.4 Å². The third-order valence-electron chi connectivity index (χ3n) is 6.37. The van der Waals surface area contributed by atoms with Gasteiger partial charge in [0.25, 0.3) is 0 Å². The Balaban J connectivity index is 1.64. The van der Waals surface area contributed by atoms with Crippen molar-refractivity contribution in [3.63, 3.8) is 0 Å². The van der Waals surface area contributed by atoms with Crippen LogP contribution in [0.1, 0.15) is 51.1 Å². The zero-order valence-electron chi connectivity index (χ0n) is 17.6. The van der Waals surface area contributed by atoms with Gasteiger partial charge in [-0.15, -0.1) is 0 Å². The lowest BCUT2D eigenvalue weighted by Crippen LogP contribution is -2.49. The predicted molar refractivity (Wildman–Crippen MR) is 110 cm³/mol. The summed E-state index contributed by atoms with van der Waals surface area (Å²) < 4.78 is 1.54. The number of nitrogens with two attached hydrogens (primary N) is 1. The van der Waals surface area contributed by atoms with Crippen LogP contribution in [0.3, 0.4) is 0 Å². The molecular formula is C21H33N5O4. The average molecular weight is 420 g/mol. The van der Waals surface area contributed by atoms with E-state index < -0.39 is 17.9 Å². The van der Waals surface area contributed by atoms with Crippen molar-refractivity contribution in [2.24, 2.45) is 17.6 Å². The molecular weight excluding hydrogens is 386 g/mol. The first-order valence-corrected chi connectivity index (χ1v) is 10.9. The number of imide groups is 1. The van der Waals surface area contributed by atoms with Gasteiger partial charge in [-0.2, -0.15) is 0 Å². The Morgan fingerprint density at radius 3 is 2.67 bits per heavy atom. The molecule has 2 aliphatic rings. The number of aromatic nitrogens is 2. The molecule has 0 spiro atoms. The zero-order valence-corrected chi connectivity index (χ0v) is 17.6. The summed E-state index contributed by atoms with van der Waals surface area (Å²) in [5, 5.41) is 11.4. The van der Waals surface area contributed by atoms with E-state index in [0.717, 1.165) is 18.7 Å². The van der Waals surface area contributed by atoms with Crippen LogP contribution in [0.15, 0.2) is 12.5 Å². The maximum atomic E-state index is 12.8. The molecule has 9 heteroatoms. The summed E-state index contributed by atoms with van der Waals surface area (Å²) in [7, 11) is 0. The smallest absolute Gasteiger partial charge is 0.323 e. The Bertz CT molecular complexity index is 756. The topological polar surface area (TPSA) is 131 Å². The highest BCUT2D eigenvalue weighted by molar-refractivity contribution is 5.99. The van der Waals surface area contributed by atoms with Crippen LogP contribution < -0.4 is 11.1 Å². The van der Waals surface area contributed by atoms with Crippen molar-refractivity contribution in [2.45, 2.75) is 70.5 Å². The lowest BCUT2D eigenvalue weighted by molar-refractivity contribution is -0.138. The van der Waals surface area contributed by atoms with Gasteiger partial charge < -0.3 is 15.4 Å². The Kier molecular flexibility index (Phi) is 7.60. The number of hydrogen-bond acceptors (Lipinski definition) is 6. The molecule has 0 aromatic carbocycles. The average Bonchev–Trinajstić information content (AvgIpc) is 3.33. The molecule has 1 unspecified atom stereocenters. The Labute approximate surface area is 177 Å². The molecule has 2 amide bonds. The molecule has 4 N–H and O–H groups in total. The van der Waals surface area contributed by atoms with Crippen LogP contribution in [-0.4, -0.2) is 62.5 Å². The van der Waals surface area contributed by atoms with Crippen LogP contribution in [0.5, 0.6) is 0 Å². The van der Waals surface area contributed by atoms with Crippen molar-refractivity contribution in [1.82, 2.24) is 19.8 Å². The van der Waals surface area contributed by atoms with Crippen molar-refractivity contribution in [3.05, 3.63) is 18.2 Å². The molecule has 2 fully saturated rings. The van der Waals surface area contributed by atoms with E-state index in [-0.39, 0.29) is 18.5 Å². The second-order valence-corrected chi connectivity index (χ2v) is 8.73. The minimum atomic E-state index is -0.913. The van der Waals surface area contributed by atoms with Crippen molar-refractivity contribution in [3.8, 4) is 0 Å². The van der Waals surface area contributed by atoms with Gasteiger partial charge in [0, 0.05) is 25.7 Å². The Hall–Kier alpha value is -2.26. The van der Waals surface area contributed by atoms with Gasteiger partial charge in [-0.25, -0.2) is 4.98 Å². The molecule has 0 bridgehead atoms. The van der Waals surface area contributed by atoms with Gasteiger partial charge in [-0.1, -0.05) is 32.1 Å². The molecule has 0 radical (unpaired) electrons. The number of nitrogens with one attached hydrogen (secondary N) is 1. The van der Waals surface area contributed by atoms with Crippen molar-refractivity contribution < 1.29 is 19.5 Å². The SMILES string of the molecule is C[C@H](N)C(=O)NC(=O)[C@@H]1CC(C2CCCCC2)CN1CCc1cn(CC(=O)O)cn1. The fraction of sp³-hybridized carbons (Fsp3) is 0.714. The monoisotopic (exact) mass is 419 g/mol. The molecule has 3 rings (SSSR count). The molecule has 3 atom stereocenters. The second kappa shape index (κ2) is 10.2. The highest BCUT2D eigenvalue weighted by Gasteiger charge is 2.40. The normalized spacial score (nSPS) is 23.9. The number of likely N-dealkylation sites (tertiary alicyclic amines) is 1. The number of carbonyl (C=O) groups is 3. The number of hydrogen-bond donors (Lipinski definition) is 3. The summed E-state index contributed by atoms with van der Waals surface area (Å²) in [5.41, 5.74) is 6.40. The largest absolute Gasteiger partial charge is 0.480 e. The molecule has 1 aromatic heterocycles. The van der Waals surface area contributed by atoms with Gasteiger partial charge in [-0.05, 0) is 25.2 Å². The zero-order chi connectivity index (χ0) is 21.7. The number of carbonyl (C=O) groups excluding carboxylic acids is 2. The number of carboxylic acid groups (broad SMARTS) is 1. The third-order valence-corrected chi connectivity index (χ3v) is 6.37. The number of aliphatic carboxylic acids is 1. The first kappa shape index (κ1) is 22.4. The molecule has 166 valence electrons. The molecule has 1 saturated carbocycles. The highest BCUT2D eigenvalue weighted by atomic mass is 16.4. The van der Waals surface area contributed by atoms with Gasteiger partial charge in [0.2, 0.25) is 11.8 Å². The predicted octanol–water partition coefficient (Wildman–Crippen LogP) is 0.771. The van der Waals surface area contributed by atoms with Crippen LogP contribution in [-0.2, 0) is 27.3 Å². The molecule has 9 nitrogen and oxygen atoms in total. The summed E-state index contributed by atoms with van der Waals surface area (Å²) in [4.78, 5) is 42.0. The van der Waals surface area contributed by atoms with Crippen molar-refractivity contribution >= 4 is 17.8 Å². The fourth-order valence-corrected chi connectivity index (χ4v) is 4.76. The number of imidazole rings is 1. The summed E-state index contributed by atoms with van der Waals surface area (Å²) >= 11 is 0. The quantitative estimate of drug-likeness (QED) is 0.567. The summed E-state index contributed by atoms with van der Waals surface area (Å²) in [5.74, 6) is -0.543. The van der Waals surface area contributed by atoms with E-state index in [0.29, 0.717) is 24.8 Å². The van der Waals surface area contributed by atoms with Crippen molar-refractivity contribution in [1.29, 1.82) is 0 Å². The maximum absolute atomic E-state index is 12.8. The Morgan fingerprint density at radius 1 is 1.27 bits per heavy atom. The van der Waals surface area contributed by atoms with E-state index >= 15 is 0 Å².